The number of hydrogen-bond donors (Lipinski definition) is 0. The zero-order valence-corrected chi connectivity index (χ0v) is 16.9. The number of amides is 1. The lowest BCUT2D eigenvalue weighted by molar-refractivity contribution is 0.0225. The molecule has 1 aliphatic heterocycles. The van der Waals surface area contributed by atoms with Gasteiger partial charge in [-0.3, -0.25) is 4.98 Å². The monoisotopic (exact) mass is 393 g/mol. The topological polar surface area (TPSA) is 55.3 Å². The van der Waals surface area contributed by atoms with Gasteiger partial charge in [-0.1, -0.05) is 0 Å². The number of carbonyl (C=O) groups is 1. The minimum absolute atomic E-state index is 0.151. The van der Waals surface area contributed by atoms with Gasteiger partial charge in [-0.25, -0.2) is 14.2 Å². The fraction of sp³-hybridized carbons (Fsp3) is 0.348. The van der Waals surface area contributed by atoms with E-state index in [1.807, 2.05) is 39.0 Å². The van der Waals surface area contributed by atoms with Crippen LogP contribution in [-0.2, 0) is 4.74 Å². The van der Waals surface area contributed by atoms with Crippen LogP contribution in [0.25, 0.3) is 22.2 Å². The van der Waals surface area contributed by atoms with E-state index in [1.54, 1.807) is 23.4 Å². The van der Waals surface area contributed by atoms with Crippen LogP contribution in [-0.4, -0.2) is 33.1 Å². The summed E-state index contributed by atoms with van der Waals surface area (Å²) in [7, 11) is 0. The van der Waals surface area contributed by atoms with Crippen molar-refractivity contribution in [1.82, 2.24) is 14.9 Å². The van der Waals surface area contributed by atoms with Gasteiger partial charge in [0, 0.05) is 41.5 Å². The maximum atomic E-state index is 13.8. The molecule has 6 heteroatoms. The lowest BCUT2D eigenvalue weighted by Crippen LogP contribution is -2.36. The molecule has 0 radical (unpaired) electrons. The summed E-state index contributed by atoms with van der Waals surface area (Å²) in [4.78, 5) is 23.6. The first-order valence-electron chi connectivity index (χ1n) is 9.82. The highest BCUT2D eigenvalue weighted by Crippen LogP contribution is 2.39. The molecule has 3 aromatic rings. The van der Waals surface area contributed by atoms with Crippen molar-refractivity contribution < 1.29 is 13.9 Å². The predicted octanol–water partition coefficient (Wildman–Crippen LogP) is 5.51. The molecule has 1 amide bonds. The number of ether oxygens (including phenoxy) is 1. The standard InChI is InChI=1S/C23H24FN3O2/c1-23(2,3)29-22(28)27-11-5-7-20(27)18-12-15-8-9-17(24)13-19(15)26-21(18)16-6-4-10-25-14-16/h4,6,8-10,12-14,20H,5,7,11H2,1-3H3. The van der Waals surface area contributed by atoms with Crippen LogP contribution in [0.3, 0.4) is 0 Å². The smallest absolute Gasteiger partial charge is 0.410 e. The normalized spacial score (nSPS) is 17.0. The SMILES string of the molecule is CC(C)(C)OC(=O)N1CCCC1c1cc2ccc(F)cc2nc1-c1cccnc1. The molecular weight excluding hydrogens is 369 g/mol. The number of hydrogen-bond acceptors (Lipinski definition) is 4. The zero-order valence-electron chi connectivity index (χ0n) is 16.9. The van der Waals surface area contributed by atoms with Crippen LogP contribution < -0.4 is 0 Å². The maximum Gasteiger partial charge on any atom is 0.410 e. The van der Waals surface area contributed by atoms with Crippen molar-refractivity contribution in [1.29, 1.82) is 0 Å². The Bertz CT molecular complexity index is 1050. The third-order valence-corrected chi connectivity index (χ3v) is 4.98. The number of carbonyl (C=O) groups excluding carboxylic acids is 1. The molecule has 3 heterocycles. The lowest BCUT2D eigenvalue weighted by atomic mass is 9.97. The molecule has 5 nitrogen and oxygen atoms in total. The molecule has 1 aromatic carbocycles. The number of likely N-dealkylation sites (tertiary alicyclic amines) is 1. The van der Waals surface area contributed by atoms with Gasteiger partial charge in [-0.2, -0.15) is 0 Å². The van der Waals surface area contributed by atoms with Crippen molar-refractivity contribution in [3.05, 3.63) is 60.2 Å². The van der Waals surface area contributed by atoms with Crippen LogP contribution in [0, 0.1) is 5.82 Å². The van der Waals surface area contributed by atoms with E-state index in [-0.39, 0.29) is 18.0 Å². The van der Waals surface area contributed by atoms with Gasteiger partial charge in [-0.15, -0.1) is 0 Å². The van der Waals surface area contributed by atoms with E-state index in [9.17, 15) is 9.18 Å². The molecule has 1 atom stereocenters. The van der Waals surface area contributed by atoms with Gasteiger partial charge in [0.05, 0.1) is 17.3 Å². The molecule has 1 saturated heterocycles. The average Bonchev–Trinajstić information content (AvgIpc) is 3.16. The van der Waals surface area contributed by atoms with Gasteiger partial charge < -0.3 is 9.64 Å². The van der Waals surface area contributed by atoms with Gasteiger partial charge in [-0.05, 0) is 63.9 Å². The molecular formula is C23H24FN3O2. The third-order valence-electron chi connectivity index (χ3n) is 4.98. The second-order valence-corrected chi connectivity index (χ2v) is 8.34. The quantitative estimate of drug-likeness (QED) is 0.576. The fourth-order valence-corrected chi connectivity index (χ4v) is 3.77. The van der Waals surface area contributed by atoms with E-state index in [2.05, 4.69) is 4.98 Å². The molecule has 0 saturated carbocycles. The Morgan fingerprint density at radius 2 is 2.07 bits per heavy atom. The van der Waals surface area contributed by atoms with Gasteiger partial charge >= 0.3 is 6.09 Å². The molecule has 0 N–H and O–H groups in total. The van der Waals surface area contributed by atoms with Gasteiger partial charge in [0.15, 0.2) is 0 Å². The molecule has 2 aromatic heterocycles. The first-order valence-corrected chi connectivity index (χ1v) is 9.82. The van der Waals surface area contributed by atoms with Crippen molar-refractivity contribution in [2.75, 3.05) is 6.54 Å². The average molecular weight is 393 g/mol. The van der Waals surface area contributed by atoms with Gasteiger partial charge in [0.2, 0.25) is 0 Å². The van der Waals surface area contributed by atoms with Crippen molar-refractivity contribution in [3.8, 4) is 11.3 Å². The van der Waals surface area contributed by atoms with Crippen LogP contribution in [0.5, 0.6) is 0 Å². The number of halogens is 1. The van der Waals surface area contributed by atoms with E-state index < -0.39 is 5.60 Å². The van der Waals surface area contributed by atoms with Crippen LogP contribution in [0.4, 0.5) is 9.18 Å². The summed E-state index contributed by atoms with van der Waals surface area (Å²) >= 11 is 0. The number of rotatable bonds is 2. The van der Waals surface area contributed by atoms with Crippen LogP contribution >= 0.6 is 0 Å². The Balaban J connectivity index is 1.83. The van der Waals surface area contributed by atoms with E-state index in [0.29, 0.717) is 12.1 Å². The van der Waals surface area contributed by atoms with E-state index in [4.69, 9.17) is 9.72 Å². The van der Waals surface area contributed by atoms with Crippen LogP contribution in [0.2, 0.25) is 0 Å². The minimum atomic E-state index is -0.560. The number of aromatic nitrogens is 2. The summed E-state index contributed by atoms with van der Waals surface area (Å²) in [6.45, 7) is 6.23. The maximum absolute atomic E-state index is 13.8. The molecule has 1 aliphatic rings. The Morgan fingerprint density at radius 3 is 2.79 bits per heavy atom. The fourth-order valence-electron chi connectivity index (χ4n) is 3.77. The highest BCUT2D eigenvalue weighted by Gasteiger charge is 2.35. The molecule has 0 bridgehead atoms. The first-order chi connectivity index (χ1) is 13.8. The largest absolute Gasteiger partial charge is 0.444 e. The summed E-state index contributed by atoms with van der Waals surface area (Å²) in [5.74, 6) is -0.328. The van der Waals surface area contributed by atoms with E-state index in [0.717, 1.165) is 35.0 Å². The third kappa shape index (κ3) is 4.06. The van der Waals surface area contributed by atoms with E-state index in [1.165, 1.54) is 12.1 Å². The Kier molecular flexibility index (Phi) is 4.94. The Morgan fingerprint density at radius 1 is 1.24 bits per heavy atom. The minimum Gasteiger partial charge on any atom is -0.444 e. The molecule has 29 heavy (non-hydrogen) atoms. The molecule has 0 aliphatic carbocycles. The Labute approximate surface area is 169 Å². The van der Waals surface area contributed by atoms with Crippen molar-refractivity contribution in [3.63, 3.8) is 0 Å². The second-order valence-electron chi connectivity index (χ2n) is 8.34. The molecule has 1 fully saturated rings. The number of nitrogens with zero attached hydrogens (tertiary/aromatic N) is 3. The van der Waals surface area contributed by atoms with Crippen molar-refractivity contribution in [2.45, 2.75) is 45.3 Å². The highest BCUT2D eigenvalue weighted by atomic mass is 19.1. The molecule has 4 rings (SSSR count). The van der Waals surface area contributed by atoms with Crippen molar-refractivity contribution in [2.24, 2.45) is 0 Å². The summed E-state index contributed by atoms with van der Waals surface area (Å²) in [5, 5.41) is 0.838. The van der Waals surface area contributed by atoms with Crippen LogP contribution in [0.1, 0.15) is 45.2 Å². The molecule has 0 spiro atoms. The van der Waals surface area contributed by atoms with Crippen molar-refractivity contribution >= 4 is 17.0 Å². The summed E-state index contributed by atoms with van der Waals surface area (Å²) in [6.07, 6.45) is 4.82. The van der Waals surface area contributed by atoms with E-state index >= 15 is 0 Å². The highest BCUT2D eigenvalue weighted by molar-refractivity contribution is 5.84. The predicted molar refractivity (Wildman–Crippen MR) is 110 cm³/mol. The number of fused-ring (bicyclic) bond motifs is 1. The summed E-state index contributed by atoms with van der Waals surface area (Å²) < 4.78 is 19.4. The lowest BCUT2D eigenvalue weighted by Gasteiger charge is -2.29. The molecule has 150 valence electrons. The summed E-state index contributed by atoms with van der Waals surface area (Å²) in [5.41, 5.74) is 2.51. The Hall–Kier alpha value is -3.02. The number of pyridine rings is 2. The van der Waals surface area contributed by atoms with Gasteiger partial charge in [0.1, 0.15) is 11.4 Å². The molecule has 1 unspecified atom stereocenters. The first kappa shape index (κ1) is 19.3. The van der Waals surface area contributed by atoms with Gasteiger partial charge in [0.25, 0.3) is 0 Å². The summed E-state index contributed by atoms with van der Waals surface area (Å²) in [6, 6.07) is 10.2. The second kappa shape index (κ2) is 7.43. The van der Waals surface area contributed by atoms with Crippen LogP contribution in [0.15, 0.2) is 48.8 Å². The zero-order chi connectivity index (χ0) is 20.6. The number of benzene rings is 1.